The van der Waals surface area contributed by atoms with Crippen LogP contribution in [0.15, 0.2) is 54.6 Å². The zero-order valence-electron chi connectivity index (χ0n) is 9.94. The number of carbonyl (C=O) groups is 1. The first-order valence-electron chi connectivity index (χ1n) is 5.26. The van der Waals surface area contributed by atoms with Gasteiger partial charge in [-0.3, -0.25) is 0 Å². The van der Waals surface area contributed by atoms with Crippen LogP contribution in [-0.2, 0) is 9.53 Å². The molecule has 3 nitrogen and oxygen atoms in total. The van der Waals surface area contributed by atoms with E-state index >= 15 is 0 Å². The third-order valence-corrected chi connectivity index (χ3v) is 1.87. The van der Waals surface area contributed by atoms with Crippen LogP contribution in [0, 0.1) is 0 Å². The van der Waals surface area contributed by atoms with Gasteiger partial charge in [0.2, 0.25) is 0 Å². The van der Waals surface area contributed by atoms with Crippen LogP contribution in [0.4, 0.5) is 0 Å². The number of para-hydroxylation sites is 1. The highest BCUT2D eigenvalue weighted by atomic mass is 16.5. The van der Waals surface area contributed by atoms with Crippen LogP contribution >= 0.6 is 0 Å². The van der Waals surface area contributed by atoms with Crippen LogP contribution in [0.1, 0.15) is 6.92 Å². The van der Waals surface area contributed by atoms with Crippen molar-refractivity contribution in [3.05, 3.63) is 54.6 Å². The monoisotopic (exact) mass is 232 g/mol. The van der Waals surface area contributed by atoms with E-state index in [1.54, 1.807) is 24.3 Å². The minimum atomic E-state index is -0.474. The lowest BCUT2D eigenvalue weighted by Crippen LogP contribution is -2.15. The number of ether oxygens (including phenoxy) is 2. The van der Waals surface area contributed by atoms with Gasteiger partial charge in [-0.05, 0) is 19.1 Å². The third-order valence-electron chi connectivity index (χ3n) is 1.87. The maximum atomic E-state index is 11.6. The van der Waals surface area contributed by atoms with Crippen molar-refractivity contribution in [2.75, 3.05) is 13.2 Å². The summed E-state index contributed by atoms with van der Waals surface area (Å²) in [7, 11) is 0. The highest BCUT2D eigenvalue weighted by Gasteiger charge is 2.09. The lowest BCUT2D eigenvalue weighted by molar-refractivity contribution is -0.130. The molecule has 0 aromatic heterocycles. The highest BCUT2D eigenvalue weighted by Crippen LogP contribution is 2.10. The van der Waals surface area contributed by atoms with E-state index in [0.29, 0.717) is 12.4 Å². The van der Waals surface area contributed by atoms with Crippen molar-refractivity contribution in [3.8, 4) is 5.75 Å². The van der Waals surface area contributed by atoms with E-state index < -0.39 is 5.97 Å². The van der Waals surface area contributed by atoms with Crippen molar-refractivity contribution in [3.63, 3.8) is 0 Å². The summed E-state index contributed by atoms with van der Waals surface area (Å²) in [5.41, 5.74) is 1.18. The predicted molar refractivity (Wildman–Crippen MR) is 66.9 cm³/mol. The molecule has 0 radical (unpaired) electrons. The molecule has 3 heteroatoms. The van der Waals surface area contributed by atoms with Gasteiger partial charge in [0.25, 0.3) is 0 Å². The van der Waals surface area contributed by atoms with E-state index in [1.807, 2.05) is 13.0 Å². The molecule has 0 fully saturated rings. The number of esters is 1. The number of benzene rings is 1. The Kier molecular flexibility index (Phi) is 5.17. The first-order valence-corrected chi connectivity index (χ1v) is 5.26. The minimum absolute atomic E-state index is 0.151. The smallest absolute Gasteiger partial charge is 0.341 e. The summed E-state index contributed by atoms with van der Waals surface area (Å²) < 4.78 is 10.3. The molecule has 0 aliphatic rings. The first-order chi connectivity index (χ1) is 8.09. The van der Waals surface area contributed by atoms with Crippen LogP contribution in [0.3, 0.4) is 0 Å². The summed E-state index contributed by atoms with van der Waals surface area (Å²) in [6, 6.07) is 8.86. The fourth-order valence-electron chi connectivity index (χ4n) is 1.08. The Bertz CT molecular complexity index is 407. The molecule has 0 heterocycles. The lowest BCUT2D eigenvalue weighted by Gasteiger charge is -2.07. The number of rotatable bonds is 6. The van der Waals surface area contributed by atoms with Crippen molar-refractivity contribution < 1.29 is 14.3 Å². The molecule has 0 atom stereocenters. The van der Waals surface area contributed by atoms with Gasteiger partial charge in [0.05, 0.1) is 18.8 Å². The second-order valence-corrected chi connectivity index (χ2v) is 3.76. The van der Waals surface area contributed by atoms with Gasteiger partial charge >= 0.3 is 5.97 Å². The lowest BCUT2D eigenvalue weighted by atomic mass is 10.3. The summed E-state index contributed by atoms with van der Waals surface area (Å²) in [6.45, 7) is 9.73. The minimum Gasteiger partial charge on any atom is -0.423 e. The molecular weight excluding hydrogens is 216 g/mol. The SMILES string of the molecule is C=C(C)COCC(=C)C(=O)Oc1ccccc1. The maximum absolute atomic E-state index is 11.6. The van der Waals surface area contributed by atoms with Crippen LogP contribution in [0.25, 0.3) is 0 Å². The molecule has 0 amide bonds. The van der Waals surface area contributed by atoms with Gasteiger partial charge in [0, 0.05) is 0 Å². The molecule has 0 unspecified atom stereocenters. The number of carbonyl (C=O) groups excluding carboxylic acids is 1. The average Bonchev–Trinajstić information content (AvgIpc) is 2.29. The average molecular weight is 232 g/mol. The Morgan fingerprint density at radius 3 is 2.41 bits per heavy atom. The molecule has 1 aromatic carbocycles. The molecule has 0 N–H and O–H groups in total. The summed E-state index contributed by atoms with van der Waals surface area (Å²) in [5.74, 6) is 0.0245. The van der Waals surface area contributed by atoms with E-state index in [1.165, 1.54) is 0 Å². The second-order valence-electron chi connectivity index (χ2n) is 3.76. The van der Waals surface area contributed by atoms with Gasteiger partial charge in [-0.2, -0.15) is 0 Å². The molecule has 0 spiro atoms. The summed E-state index contributed by atoms with van der Waals surface area (Å²) >= 11 is 0. The standard InChI is InChI=1S/C14H16O3/c1-11(2)9-16-10-12(3)14(15)17-13-7-5-4-6-8-13/h4-8H,1,3,9-10H2,2H3. The van der Waals surface area contributed by atoms with E-state index in [-0.39, 0.29) is 12.2 Å². The van der Waals surface area contributed by atoms with Crippen LogP contribution < -0.4 is 4.74 Å². The highest BCUT2D eigenvalue weighted by molar-refractivity contribution is 5.89. The Morgan fingerprint density at radius 2 is 1.82 bits per heavy atom. The number of hydrogen-bond donors (Lipinski definition) is 0. The molecule has 0 bridgehead atoms. The Morgan fingerprint density at radius 1 is 1.18 bits per heavy atom. The second kappa shape index (κ2) is 6.66. The third kappa shape index (κ3) is 5.13. The molecule has 90 valence electrons. The molecule has 1 rings (SSSR count). The zero-order valence-corrected chi connectivity index (χ0v) is 9.94. The van der Waals surface area contributed by atoms with Crippen molar-refractivity contribution in [2.24, 2.45) is 0 Å². The predicted octanol–water partition coefficient (Wildman–Crippen LogP) is 2.74. The number of hydrogen-bond acceptors (Lipinski definition) is 3. The molecule has 0 saturated heterocycles. The Labute approximate surface area is 101 Å². The van der Waals surface area contributed by atoms with Crippen LogP contribution in [0.2, 0.25) is 0 Å². The topological polar surface area (TPSA) is 35.5 Å². The van der Waals surface area contributed by atoms with E-state index in [9.17, 15) is 4.79 Å². The first kappa shape index (κ1) is 13.2. The van der Waals surface area contributed by atoms with Crippen molar-refractivity contribution >= 4 is 5.97 Å². The fourth-order valence-corrected chi connectivity index (χ4v) is 1.08. The van der Waals surface area contributed by atoms with E-state index in [0.717, 1.165) is 5.57 Å². The van der Waals surface area contributed by atoms with Gasteiger partial charge in [-0.1, -0.05) is 36.9 Å². The summed E-state index contributed by atoms with van der Waals surface area (Å²) in [6.07, 6.45) is 0. The molecule has 1 aromatic rings. The quantitative estimate of drug-likeness (QED) is 0.327. The van der Waals surface area contributed by atoms with Gasteiger partial charge in [-0.15, -0.1) is 0 Å². The molecule has 0 aliphatic carbocycles. The van der Waals surface area contributed by atoms with Crippen LogP contribution in [-0.4, -0.2) is 19.2 Å². The van der Waals surface area contributed by atoms with E-state index in [4.69, 9.17) is 9.47 Å². The van der Waals surface area contributed by atoms with Crippen molar-refractivity contribution in [1.29, 1.82) is 0 Å². The largest absolute Gasteiger partial charge is 0.423 e. The summed E-state index contributed by atoms with van der Waals surface area (Å²) in [5, 5.41) is 0. The van der Waals surface area contributed by atoms with Gasteiger partial charge in [-0.25, -0.2) is 4.79 Å². The Hall–Kier alpha value is -1.87. The molecule has 0 saturated carbocycles. The zero-order chi connectivity index (χ0) is 12.7. The van der Waals surface area contributed by atoms with Crippen molar-refractivity contribution in [2.45, 2.75) is 6.92 Å². The maximum Gasteiger partial charge on any atom is 0.341 e. The normalized spacial score (nSPS) is 9.71. The van der Waals surface area contributed by atoms with Gasteiger partial charge in [0.15, 0.2) is 0 Å². The fraction of sp³-hybridized carbons (Fsp3) is 0.214. The summed E-state index contributed by atoms with van der Waals surface area (Å²) in [4.78, 5) is 11.6. The van der Waals surface area contributed by atoms with Crippen molar-refractivity contribution in [1.82, 2.24) is 0 Å². The van der Waals surface area contributed by atoms with E-state index in [2.05, 4.69) is 13.2 Å². The van der Waals surface area contributed by atoms with Crippen LogP contribution in [0.5, 0.6) is 5.75 Å². The molecule has 0 aliphatic heterocycles. The van der Waals surface area contributed by atoms with Gasteiger partial charge < -0.3 is 9.47 Å². The molecular formula is C14H16O3. The molecule has 17 heavy (non-hydrogen) atoms. The van der Waals surface area contributed by atoms with Gasteiger partial charge in [0.1, 0.15) is 5.75 Å². The Balaban J connectivity index is 2.37.